The Balaban J connectivity index is 2.34. The largest absolute Gasteiger partial charge is 0.377 e. The zero-order valence-electron chi connectivity index (χ0n) is 12.1. The summed E-state index contributed by atoms with van der Waals surface area (Å²) in [4.78, 5) is 0. The minimum atomic E-state index is 0.300. The Kier molecular flexibility index (Phi) is 6.98. The van der Waals surface area contributed by atoms with E-state index in [1.807, 2.05) is 17.9 Å². The van der Waals surface area contributed by atoms with E-state index < -0.39 is 0 Å². The van der Waals surface area contributed by atoms with Gasteiger partial charge in [-0.3, -0.25) is 4.68 Å². The Labute approximate surface area is 111 Å². The van der Waals surface area contributed by atoms with Crippen LogP contribution in [0.25, 0.3) is 0 Å². The first-order valence-electron chi connectivity index (χ1n) is 6.94. The summed E-state index contributed by atoms with van der Waals surface area (Å²) in [5.74, 6) is 0. The Morgan fingerprint density at radius 2 is 2.22 bits per heavy atom. The quantitative estimate of drug-likeness (QED) is 0.733. The highest BCUT2D eigenvalue weighted by Gasteiger charge is 2.09. The van der Waals surface area contributed by atoms with Gasteiger partial charge < -0.3 is 10.1 Å². The third-order valence-corrected chi connectivity index (χ3v) is 2.85. The topological polar surface area (TPSA) is 39.1 Å². The normalized spacial score (nSPS) is 13.2. The van der Waals surface area contributed by atoms with E-state index in [0.717, 1.165) is 32.4 Å². The van der Waals surface area contributed by atoms with Gasteiger partial charge >= 0.3 is 0 Å². The van der Waals surface area contributed by atoms with Gasteiger partial charge in [-0.25, -0.2) is 0 Å². The smallest absolute Gasteiger partial charge is 0.0623 e. The van der Waals surface area contributed by atoms with E-state index in [1.54, 1.807) is 0 Å². The molecule has 0 aliphatic carbocycles. The molecule has 1 unspecified atom stereocenters. The van der Waals surface area contributed by atoms with Crippen LogP contribution in [-0.2, 0) is 18.2 Å². The van der Waals surface area contributed by atoms with Crippen molar-refractivity contribution in [1.29, 1.82) is 0 Å². The minimum absolute atomic E-state index is 0.300. The molecule has 0 aliphatic rings. The van der Waals surface area contributed by atoms with E-state index in [2.05, 4.69) is 37.4 Å². The number of aromatic nitrogens is 2. The molecule has 4 heteroatoms. The Morgan fingerprint density at radius 1 is 1.44 bits per heavy atom. The van der Waals surface area contributed by atoms with Gasteiger partial charge in [0.05, 0.1) is 18.9 Å². The van der Waals surface area contributed by atoms with Gasteiger partial charge in [0.25, 0.3) is 0 Å². The first-order valence-corrected chi connectivity index (χ1v) is 6.94. The average Bonchev–Trinajstić information content (AvgIpc) is 2.74. The van der Waals surface area contributed by atoms with Gasteiger partial charge in [0, 0.05) is 19.3 Å². The average molecular weight is 253 g/mol. The number of nitrogens with one attached hydrogen (secondary N) is 1. The molecule has 1 atom stereocenters. The fourth-order valence-electron chi connectivity index (χ4n) is 1.84. The fraction of sp³-hybridized carbons (Fsp3) is 0.786. The van der Waals surface area contributed by atoms with Gasteiger partial charge in [-0.05, 0) is 45.2 Å². The van der Waals surface area contributed by atoms with Gasteiger partial charge in [-0.1, -0.05) is 6.92 Å². The molecule has 1 N–H and O–H groups in total. The predicted molar refractivity (Wildman–Crippen MR) is 74.7 cm³/mol. The lowest BCUT2D eigenvalue weighted by molar-refractivity contribution is 0.0596. The van der Waals surface area contributed by atoms with Gasteiger partial charge in [-0.15, -0.1) is 0 Å². The summed E-state index contributed by atoms with van der Waals surface area (Å²) < 4.78 is 7.57. The predicted octanol–water partition coefficient (Wildman–Crippen LogP) is 2.15. The standard InChI is InChI=1S/C14H27N3O/c1-5-8-15-14(11-18-12(2)3)7-6-13-9-16-17(4)10-13/h9-10,12,14-15H,5-8,11H2,1-4H3. The van der Waals surface area contributed by atoms with Crippen molar-refractivity contribution in [3.8, 4) is 0 Å². The zero-order chi connectivity index (χ0) is 13.4. The molecule has 0 aliphatic heterocycles. The summed E-state index contributed by atoms with van der Waals surface area (Å²) in [6.45, 7) is 8.20. The molecule has 0 spiro atoms. The summed E-state index contributed by atoms with van der Waals surface area (Å²) in [5, 5.41) is 7.75. The van der Waals surface area contributed by atoms with Crippen LogP contribution in [-0.4, -0.2) is 35.1 Å². The Hall–Kier alpha value is -0.870. The first-order chi connectivity index (χ1) is 8.61. The molecule has 0 radical (unpaired) electrons. The summed E-state index contributed by atoms with van der Waals surface area (Å²) in [5.41, 5.74) is 1.30. The summed E-state index contributed by atoms with van der Waals surface area (Å²) >= 11 is 0. The highest BCUT2D eigenvalue weighted by molar-refractivity contribution is 5.03. The van der Waals surface area contributed by atoms with Crippen molar-refractivity contribution in [3.63, 3.8) is 0 Å². The number of aryl methyl sites for hydroxylation is 2. The van der Waals surface area contributed by atoms with Crippen LogP contribution in [0.3, 0.4) is 0 Å². The molecule has 104 valence electrons. The van der Waals surface area contributed by atoms with Crippen molar-refractivity contribution in [1.82, 2.24) is 15.1 Å². The van der Waals surface area contributed by atoms with Crippen LogP contribution in [0.4, 0.5) is 0 Å². The second kappa shape index (κ2) is 8.27. The highest BCUT2D eigenvalue weighted by Crippen LogP contribution is 2.05. The van der Waals surface area contributed by atoms with Crippen LogP contribution < -0.4 is 5.32 Å². The van der Waals surface area contributed by atoms with Crippen molar-refractivity contribution >= 4 is 0 Å². The minimum Gasteiger partial charge on any atom is -0.377 e. The van der Waals surface area contributed by atoms with Gasteiger partial charge in [-0.2, -0.15) is 5.10 Å². The van der Waals surface area contributed by atoms with Crippen LogP contribution in [0.15, 0.2) is 12.4 Å². The maximum atomic E-state index is 5.71. The van der Waals surface area contributed by atoms with Crippen LogP contribution in [0.5, 0.6) is 0 Å². The third kappa shape index (κ3) is 6.17. The molecular formula is C14H27N3O. The van der Waals surface area contributed by atoms with E-state index in [1.165, 1.54) is 5.56 Å². The molecule has 0 fully saturated rings. The van der Waals surface area contributed by atoms with Gasteiger partial charge in [0.1, 0.15) is 0 Å². The van der Waals surface area contributed by atoms with E-state index in [9.17, 15) is 0 Å². The molecule has 1 heterocycles. The summed E-state index contributed by atoms with van der Waals surface area (Å²) in [7, 11) is 1.96. The van der Waals surface area contributed by atoms with Gasteiger partial charge in [0.15, 0.2) is 0 Å². The summed E-state index contributed by atoms with van der Waals surface area (Å²) in [6.07, 6.45) is 7.63. The van der Waals surface area contributed by atoms with E-state index in [4.69, 9.17) is 4.74 Å². The van der Waals surface area contributed by atoms with Crippen molar-refractivity contribution in [2.45, 2.75) is 52.2 Å². The molecule has 1 rings (SSSR count). The van der Waals surface area contributed by atoms with Crippen LogP contribution in [0, 0.1) is 0 Å². The molecule has 0 bridgehead atoms. The molecule has 4 nitrogen and oxygen atoms in total. The van der Waals surface area contributed by atoms with Crippen LogP contribution >= 0.6 is 0 Å². The third-order valence-electron chi connectivity index (χ3n) is 2.85. The Morgan fingerprint density at radius 3 is 2.78 bits per heavy atom. The lowest BCUT2D eigenvalue weighted by atomic mass is 10.1. The van der Waals surface area contributed by atoms with E-state index in [-0.39, 0.29) is 0 Å². The molecule has 0 aromatic carbocycles. The number of ether oxygens (including phenoxy) is 1. The lowest BCUT2D eigenvalue weighted by Gasteiger charge is -2.19. The van der Waals surface area contributed by atoms with Crippen LogP contribution in [0.1, 0.15) is 39.2 Å². The van der Waals surface area contributed by atoms with Crippen LogP contribution in [0.2, 0.25) is 0 Å². The fourth-order valence-corrected chi connectivity index (χ4v) is 1.84. The first kappa shape index (κ1) is 15.2. The second-order valence-corrected chi connectivity index (χ2v) is 5.09. The maximum Gasteiger partial charge on any atom is 0.0623 e. The monoisotopic (exact) mass is 253 g/mol. The molecular weight excluding hydrogens is 226 g/mol. The molecule has 0 amide bonds. The maximum absolute atomic E-state index is 5.71. The number of rotatable bonds is 9. The van der Waals surface area contributed by atoms with E-state index >= 15 is 0 Å². The number of hydrogen-bond donors (Lipinski definition) is 1. The van der Waals surface area contributed by atoms with E-state index in [0.29, 0.717) is 12.1 Å². The number of nitrogens with zero attached hydrogens (tertiary/aromatic N) is 2. The molecule has 1 aromatic rings. The van der Waals surface area contributed by atoms with Crippen molar-refractivity contribution in [2.24, 2.45) is 7.05 Å². The van der Waals surface area contributed by atoms with Crippen molar-refractivity contribution in [2.75, 3.05) is 13.2 Å². The van der Waals surface area contributed by atoms with Gasteiger partial charge in [0.2, 0.25) is 0 Å². The van der Waals surface area contributed by atoms with Crippen molar-refractivity contribution in [3.05, 3.63) is 18.0 Å². The molecule has 1 aromatic heterocycles. The SMILES string of the molecule is CCCNC(CCc1cnn(C)c1)COC(C)C. The Bertz CT molecular complexity index is 323. The summed E-state index contributed by atoms with van der Waals surface area (Å²) in [6, 6.07) is 0.438. The highest BCUT2D eigenvalue weighted by atomic mass is 16.5. The van der Waals surface area contributed by atoms with Crippen molar-refractivity contribution < 1.29 is 4.74 Å². The zero-order valence-corrected chi connectivity index (χ0v) is 12.1. The molecule has 0 saturated heterocycles. The lowest BCUT2D eigenvalue weighted by Crippen LogP contribution is -2.35. The molecule has 18 heavy (non-hydrogen) atoms. The second-order valence-electron chi connectivity index (χ2n) is 5.09. The number of hydrogen-bond acceptors (Lipinski definition) is 3. The molecule has 0 saturated carbocycles.